The first-order valence-electron chi connectivity index (χ1n) is 10.4. The van der Waals surface area contributed by atoms with Crippen LogP contribution in [0.4, 0.5) is 0 Å². The van der Waals surface area contributed by atoms with Gasteiger partial charge in [0.05, 0.1) is 10.2 Å². The minimum Gasteiger partial charge on any atom is -0.351 e. The minimum absolute atomic E-state index is 0. The smallest absolute Gasteiger partial charge is 0.308 e. The quantitative estimate of drug-likeness (QED) is 0.768. The third-order valence-corrected chi connectivity index (χ3v) is 8.40. The van der Waals surface area contributed by atoms with Gasteiger partial charge >= 0.3 is 4.87 Å². The number of hydrogen-bond donors (Lipinski definition) is 1. The molecule has 0 spiro atoms. The molecule has 6 heteroatoms. The van der Waals surface area contributed by atoms with E-state index < -0.39 is 0 Å². The highest BCUT2D eigenvalue weighted by Crippen LogP contribution is 2.61. The molecule has 0 radical (unpaired) electrons. The zero-order valence-electron chi connectivity index (χ0n) is 16.4. The SMILES string of the molecule is CCC(NC(=O)Cn1c(=O)sc2ccccc21)C12CC3CC(CC(C3)C1)C2.Cl. The Labute approximate surface area is 176 Å². The first kappa shape index (κ1) is 20.0. The summed E-state index contributed by atoms with van der Waals surface area (Å²) in [4.78, 5) is 25.2. The number of hydrogen-bond acceptors (Lipinski definition) is 3. The van der Waals surface area contributed by atoms with Crippen molar-refractivity contribution in [2.24, 2.45) is 23.2 Å². The van der Waals surface area contributed by atoms with Gasteiger partial charge in [-0.2, -0.15) is 0 Å². The van der Waals surface area contributed by atoms with Crippen molar-refractivity contribution in [1.29, 1.82) is 0 Å². The van der Waals surface area contributed by atoms with E-state index in [0.717, 1.165) is 34.4 Å². The van der Waals surface area contributed by atoms with Crippen LogP contribution in [0.1, 0.15) is 51.9 Å². The number of carbonyl (C=O) groups is 1. The second-order valence-electron chi connectivity index (χ2n) is 9.23. The molecule has 1 amide bonds. The van der Waals surface area contributed by atoms with Crippen LogP contribution < -0.4 is 10.2 Å². The van der Waals surface area contributed by atoms with Crippen molar-refractivity contribution < 1.29 is 4.79 Å². The lowest BCUT2D eigenvalue weighted by atomic mass is 9.47. The number of amides is 1. The number of fused-ring (bicyclic) bond motifs is 1. The number of aromatic nitrogens is 1. The summed E-state index contributed by atoms with van der Waals surface area (Å²) in [7, 11) is 0. The largest absolute Gasteiger partial charge is 0.351 e. The van der Waals surface area contributed by atoms with Gasteiger partial charge in [0.15, 0.2) is 0 Å². The molecule has 1 atom stereocenters. The summed E-state index contributed by atoms with van der Waals surface area (Å²) in [5.74, 6) is 2.63. The van der Waals surface area contributed by atoms with E-state index in [1.807, 2.05) is 24.3 Å². The summed E-state index contributed by atoms with van der Waals surface area (Å²) in [6.45, 7) is 2.33. The highest BCUT2D eigenvalue weighted by Gasteiger charge is 2.53. The summed E-state index contributed by atoms with van der Waals surface area (Å²) in [5, 5.41) is 3.36. The summed E-state index contributed by atoms with van der Waals surface area (Å²) < 4.78 is 2.57. The van der Waals surface area contributed by atoms with Crippen LogP contribution in [0.2, 0.25) is 0 Å². The van der Waals surface area contributed by atoms with E-state index in [9.17, 15) is 9.59 Å². The molecule has 4 saturated carbocycles. The standard InChI is InChI=1S/C22H28N2O2S.ClH/c1-2-19(22-10-14-7-15(11-22)9-16(8-14)12-22)23-20(25)13-24-17-5-3-4-6-18(17)27-21(24)26;/h3-6,14-16,19H,2,7-13H2,1H3,(H,23,25);1H. The maximum absolute atomic E-state index is 12.9. The molecule has 4 aliphatic rings. The zero-order chi connectivity index (χ0) is 18.6. The molecule has 1 aromatic heterocycles. The highest BCUT2D eigenvalue weighted by molar-refractivity contribution is 7.16. The molecule has 1 unspecified atom stereocenters. The molecule has 4 bridgehead atoms. The first-order chi connectivity index (χ1) is 13.1. The van der Waals surface area contributed by atoms with E-state index in [0.29, 0.717) is 5.41 Å². The molecular formula is C22H29ClN2O2S. The molecule has 0 saturated heterocycles. The molecule has 2 aromatic rings. The van der Waals surface area contributed by atoms with Crippen molar-refractivity contribution in [2.75, 3.05) is 0 Å². The number of halogens is 1. The Balaban J connectivity index is 0.00000192. The van der Waals surface area contributed by atoms with Crippen LogP contribution >= 0.6 is 23.7 Å². The zero-order valence-corrected chi connectivity index (χ0v) is 18.0. The fourth-order valence-corrected chi connectivity index (χ4v) is 7.73. The number of thiazole rings is 1. The van der Waals surface area contributed by atoms with Crippen molar-refractivity contribution in [1.82, 2.24) is 9.88 Å². The number of nitrogens with one attached hydrogen (secondary N) is 1. The van der Waals surface area contributed by atoms with Crippen LogP contribution in [-0.4, -0.2) is 16.5 Å². The van der Waals surface area contributed by atoms with E-state index in [4.69, 9.17) is 0 Å². The number of carbonyl (C=O) groups excluding carboxylic acids is 1. The Kier molecular flexibility index (Phi) is 5.34. The second-order valence-corrected chi connectivity index (χ2v) is 10.2. The molecule has 0 aliphatic heterocycles. The molecule has 4 nitrogen and oxygen atoms in total. The lowest BCUT2D eigenvalue weighted by Crippen LogP contribution is -2.57. The van der Waals surface area contributed by atoms with Crippen molar-refractivity contribution in [3.63, 3.8) is 0 Å². The van der Waals surface area contributed by atoms with Gasteiger partial charge in [-0.15, -0.1) is 12.4 Å². The topological polar surface area (TPSA) is 51.1 Å². The Morgan fingerprint density at radius 2 is 1.79 bits per heavy atom. The van der Waals surface area contributed by atoms with E-state index >= 15 is 0 Å². The van der Waals surface area contributed by atoms with E-state index in [-0.39, 0.29) is 35.8 Å². The van der Waals surface area contributed by atoms with Gasteiger partial charge in [0.25, 0.3) is 0 Å². The monoisotopic (exact) mass is 420 g/mol. The van der Waals surface area contributed by atoms with Crippen molar-refractivity contribution in [3.8, 4) is 0 Å². The van der Waals surface area contributed by atoms with Gasteiger partial charge in [-0.1, -0.05) is 30.4 Å². The molecule has 4 aliphatic carbocycles. The summed E-state index contributed by atoms with van der Waals surface area (Å²) in [6, 6.07) is 7.98. The number of benzene rings is 1. The van der Waals surface area contributed by atoms with Crippen LogP contribution in [-0.2, 0) is 11.3 Å². The Morgan fingerprint density at radius 1 is 1.18 bits per heavy atom. The molecule has 1 aromatic carbocycles. The van der Waals surface area contributed by atoms with E-state index in [2.05, 4.69) is 12.2 Å². The lowest BCUT2D eigenvalue weighted by Gasteiger charge is -2.59. The average Bonchev–Trinajstić information content (AvgIpc) is 2.94. The van der Waals surface area contributed by atoms with Crippen LogP contribution in [0.25, 0.3) is 10.2 Å². The highest BCUT2D eigenvalue weighted by atomic mass is 35.5. The van der Waals surface area contributed by atoms with E-state index in [1.165, 1.54) is 49.9 Å². The van der Waals surface area contributed by atoms with E-state index in [1.54, 1.807) is 4.57 Å². The third-order valence-electron chi connectivity index (χ3n) is 7.44. The van der Waals surface area contributed by atoms with Crippen molar-refractivity contribution in [3.05, 3.63) is 33.9 Å². The molecule has 28 heavy (non-hydrogen) atoms. The van der Waals surface area contributed by atoms with Gasteiger partial charge in [-0.05, 0) is 80.2 Å². The second kappa shape index (κ2) is 7.49. The Bertz CT molecular complexity index is 899. The summed E-state index contributed by atoms with van der Waals surface area (Å²) in [5.41, 5.74) is 1.17. The predicted molar refractivity (Wildman–Crippen MR) is 116 cm³/mol. The molecule has 152 valence electrons. The molecule has 6 rings (SSSR count). The van der Waals surface area contributed by atoms with Gasteiger partial charge in [0, 0.05) is 6.04 Å². The normalized spacial score (nSPS) is 31.5. The fraction of sp³-hybridized carbons (Fsp3) is 0.636. The van der Waals surface area contributed by atoms with Crippen LogP contribution in [0.15, 0.2) is 29.1 Å². The van der Waals surface area contributed by atoms with Gasteiger partial charge in [0.1, 0.15) is 6.54 Å². The number of rotatable bonds is 5. The van der Waals surface area contributed by atoms with Gasteiger partial charge in [0.2, 0.25) is 5.91 Å². The Hall–Kier alpha value is -1.33. The van der Waals surface area contributed by atoms with Crippen LogP contribution in [0.3, 0.4) is 0 Å². The maximum atomic E-state index is 12.9. The Morgan fingerprint density at radius 3 is 2.39 bits per heavy atom. The van der Waals surface area contributed by atoms with Crippen LogP contribution in [0.5, 0.6) is 0 Å². The number of para-hydroxylation sites is 1. The summed E-state index contributed by atoms with van der Waals surface area (Å²) in [6.07, 6.45) is 9.11. The average molecular weight is 421 g/mol. The number of nitrogens with zero attached hydrogens (tertiary/aromatic N) is 1. The third kappa shape index (κ3) is 3.30. The lowest BCUT2D eigenvalue weighted by molar-refractivity contribution is -0.127. The predicted octanol–water partition coefficient (Wildman–Crippen LogP) is 4.60. The van der Waals surface area contributed by atoms with Gasteiger partial charge < -0.3 is 5.32 Å². The molecule has 1 heterocycles. The fourth-order valence-electron chi connectivity index (χ4n) is 6.84. The summed E-state index contributed by atoms with van der Waals surface area (Å²) >= 11 is 1.22. The first-order valence-corrected chi connectivity index (χ1v) is 11.3. The minimum atomic E-state index is -0.0470. The molecular weight excluding hydrogens is 392 g/mol. The maximum Gasteiger partial charge on any atom is 0.308 e. The van der Waals surface area contributed by atoms with Gasteiger partial charge in [-0.25, -0.2) is 0 Å². The molecule has 1 N–H and O–H groups in total. The molecule has 4 fully saturated rings. The van der Waals surface area contributed by atoms with Crippen LogP contribution in [0, 0.1) is 23.2 Å². The van der Waals surface area contributed by atoms with Gasteiger partial charge in [-0.3, -0.25) is 14.2 Å². The van der Waals surface area contributed by atoms with Crippen molar-refractivity contribution in [2.45, 2.75) is 64.5 Å². The van der Waals surface area contributed by atoms with Crippen molar-refractivity contribution >= 4 is 39.9 Å².